The Bertz CT molecular complexity index is 562. The van der Waals surface area contributed by atoms with Crippen molar-refractivity contribution >= 4 is 21.6 Å². The van der Waals surface area contributed by atoms with Gasteiger partial charge in [0.05, 0.1) is 4.90 Å². The highest BCUT2D eigenvalue weighted by molar-refractivity contribution is 7.89. The molecule has 20 heavy (non-hydrogen) atoms. The summed E-state index contributed by atoms with van der Waals surface area (Å²) in [5, 5.41) is 3.85. The molecule has 1 aliphatic heterocycles. The smallest absolute Gasteiger partial charge is 0.243 e. The second kappa shape index (κ2) is 6.43. The summed E-state index contributed by atoms with van der Waals surface area (Å²) in [5.41, 5.74) is 0. The van der Waals surface area contributed by atoms with Gasteiger partial charge in [0, 0.05) is 30.2 Å². The van der Waals surface area contributed by atoms with Crippen molar-refractivity contribution in [1.29, 1.82) is 0 Å². The third-order valence-electron chi connectivity index (χ3n) is 3.82. The fraction of sp³-hybridized carbons (Fsp3) is 0.571. The van der Waals surface area contributed by atoms with E-state index in [0.717, 1.165) is 12.8 Å². The molecule has 1 heterocycles. The van der Waals surface area contributed by atoms with Gasteiger partial charge in [-0.1, -0.05) is 31.5 Å². The molecule has 2 unspecified atom stereocenters. The molecule has 0 radical (unpaired) electrons. The average molecular weight is 317 g/mol. The zero-order chi connectivity index (χ0) is 14.8. The summed E-state index contributed by atoms with van der Waals surface area (Å²) >= 11 is 5.92. The van der Waals surface area contributed by atoms with Gasteiger partial charge in [-0.15, -0.1) is 0 Å². The minimum absolute atomic E-state index is 0.00165. The molecular weight excluding hydrogens is 296 g/mol. The van der Waals surface area contributed by atoms with Gasteiger partial charge in [-0.25, -0.2) is 8.42 Å². The van der Waals surface area contributed by atoms with Gasteiger partial charge in [0.1, 0.15) is 0 Å². The van der Waals surface area contributed by atoms with Crippen LogP contribution in [-0.4, -0.2) is 37.9 Å². The van der Waals surface area contributed by atoms with E-state index in [4.69, 9.17) is 11.6 Å². The van der Waals surface area contributed by atoms with Crippen molar-refractivity contribution in [2.75, 3.05) is 13.1 Å². The third kappa shape index (κ3) is 3.17. The van der Waals surface area contributed by atoms with Crippen LogP contribution in [0.4, 0.5) is 0 Å². The van der Waals surface area contributed by atoms with Gasteiger partial charge in [0.25, 0.3) is 0 Å². The average Bonchev–Trinajstić information content (AvgIpc) is 2.46. The van der Waals surface area contributed by atoms with Crippen LogP contribution in [0.25, 0.3) is 0 Å². The van der Waals surface area contributed by atoms with Crippen LogP contribution < -0.4 is 5.32 Å². The third-order valence-corrected chi connectivity index (χ3v) is 5.97. The maximum absolute atomic E-state index is 12.8. The molecule has 2 atom stereocenters. The van der Waals surface area contributed by atoms with E-state index in [1.54, 1.807) is 22.5 Å². The molecule has 112 valence electrons. The summed E-state index contributed by atoms with van der Waals surface area (Å²) in [6.07, 6.45) is 1.71. The van der Waals surface area contributed by atoms with Gasteiger partial charge in [0.15, 0.2) is 0 Å². The Labute approximate surface area is 126 Å². The predicted octanol–water partition coefficient (Wildman–Crippen LogP) is 2.49. The number of hydrogen-bond donors (Lipinski definition) is 1. The van der Waals surface area contributed by atoms with Gasteiger partial charge in [-0.2, -0.15) is 4.31 Å². The van der Waals surface area contributed by atoms with Crippen LogP contribution in [0, 0.1) is 0 Å². The number of hydrogen-bond acceptors (Lipinski definition) is 3. The summed E-state index contributed by atoms with van der Waals surface area (Å²) in [5.74, 6) is 0. The van der Waals surface area contributed by atoms with Crippen molar-refractivity contribution in [1.82, 2.24) is 9.62 Å². The SMILES string of the molecule is CCC1CN(S(=O)(=O)c2cccc(Cl)c2)C(CC)CN1. The number of piperazine rings is 1. The summed E-state index contributed by atoms with van der Waals surface area (Å²) in [6.45, 7) is 5.30. The maximum Gasteiger partial charge on any atom is 0.243 e. The normalized spacial score (nSPS) is 24.8. The number of benzene rings is 1. The molecular formula is C14H21ClN2O2S. The molecule has 6 heteroatoms. The minimum Gasteiger partial charge on any atom is -0.311 e. The molecule has 2 rings (SSSR count). The predicted molar refractivity (Wildman–Crippen MR) is 81.5 cm³/mol. The van der Waals surface area contributed by atoms with Gasteiger partial charge in [0.2, 0.25) is 10.0 Å². The number of nitrogens with zero attached hydrogens (tertiary/aromatic N) is 1. The number of halogens is 1. The Morgan fingerprint density at radius 1 is 1.35 bits per heavy atom. The van der Waals surface area contributed by atoms with Crippen molar-refractivity contribution in [2.24, 2.45) is 0 Å². The van der Waals surface area contributed by atoms with Crippen molar-refractivity contribution in [3.05, 3.63) is 29.3 Å². The van der Waals surface area contributed by atoms with Crippen LogP contribution in [0.15, 0.2) is 29.2 Å². The molecule has 0 amide bonds. The highest BCUT2D eigenvalue weighted by Gasteiger charge is 2.35. The first-order valence-corrected chi connectivity index (χ1v) is 8.81. The second-order valence-corrected chi connectivity index (χ2v) is 7.43. The zero-order valence-corrected chi connectivity index (χ0v) is 13.4. The molecule has 0 aliphatic carbocycles. The standard InChI is InChI=1S/C14H21ClN2O2S/c1-3-12-10-17(13(4-2)9-16-12)20(18,19)14-7-5-6-11(15)8-14/h5-8,12-13,16H,3-4,9-10H2,1-2H3. The molecule has 1 aliphatic rings. The van der Waals surface area contributed by atoms with E-state index >= 15 is 0 Å². The summed E-state index contributed by atoms with van der Waals surface area (Å²) in [4.78, 5) is 0.278. The van der Waals surface area contributed by atoms with Crippen molar-refractivity contribution in [2.45, 2.75) is 43.7 Å². The Balaban J connectivity index is 2.34. The minimum atomic E-state index is -3.48. The fourth-order valence-electron chi connectivity index (χ4n) is 2.51. The van der Waals surface area contributed by atoms with E-state index in [1.165, 1.54) is 6.07 Å². The first kappa shape index (κ1) is 15.8. The molecule has 0 spiro atoms. The van der Waals surface area contributed by atoms with E-state index in [9.17, 15) is 8.42 Å². The summed E-state index contributed by atoms with van der Waals surface area (Å²) < 4.78 is 27.2. The monoisotopic (exact) mass is 316 g/mol. The van der Waals surface area contributed by atoms with E-state index in [2.05, 4.69) is 12.2 Å². The lowest BCUT2D eigenvalue weighted by atomic mass is 10.1. The van der Waals surface area contributed by atoms with Crippen LogP contribution >= 0.6 is 11.6 Å². The lowest BCUT2D eigenvalue weighted by Crippen LogP contribution is -2.57. The molecule has 1 aromatic rings. The van der Waals surface area contributed by atoms with Gasteiger partial charge in [-0.3, -0.25) is 0 Å². The highest BCUT2D eigenvalue weighted by atomic mass is 35.5. The highest BCUT2D eigenvalue weighted by Crippen LogP contribution is 2.24. The number of sulfonamides is 1. The second-order valence-electron chi connectivity index (χ2n) is 5.11. The Morgan fingerprint density at radius 3 is 2.70 bits per heavy atom. The van der Waals surface area contributed by atoms with Gasteiger partial charge in [-0.05, 0) is 31.0 Å². The van der Waals surface area contributed by atoms with Crippen LogP contribution in [0.1, 0.15) is 26.7 Å². The molecule has 1 fully saturated rings. The van der Waals surface area contributed by atoms with E-state index in [0.29, 0.717) is 18.1 Å². The van der Waals surface area contributed by atoms with Gasteiger partial charge < -0.3 is 5.32 Å². The fourth-order valence-corrected chi connectivity index (χ4v) is 4.56. The summed E-state index contributed by atoms with van der Waals surface area (Å²) in [6, 6.07) is 6.71. The molecule has 0 aromatic heterocycles. The molecule has 0 bridgehead atoms. The maximum atomic E-state index is 12.8. The first-order valence-electron chi connectivity index (χ1n) is 6.99. The van der Waals surface area contributed by atoms with Crippen molar-refractivity contribution in [3.8, 4) is 0 Å². The quantitative estimate of drug-likeness (QED) is 0.928. The lowest BCUT2D eigenvalue weighted by molar-refractivity contribution is 0.215. The Kier molecular flexibility index (Phi) is 5.07. The van der Waals surface area contributed by atoms with E-state index < -0.39 is 10.0 Å². The van der Waals surface area contributed by atoms with Gasteiger partial charge >= 0.3 is 0 Å². The van der Waals surface area contributed by atoms with Crippen LogP contribution in [-0.2, 0) is 10.0 Å². The molecule has 1 aromatic carbocycles. The lowest BCUT2D eigenvalue weighted by Gasteiger charge is -2.38. The Hall–Kier alpha value is -0.620. The molecule has 4 nitrogen and oxygen atoms in total. The Morgan fingerprint density at radius 2 is 2.10 bits per heavy atom. The number of nitrogens with one attached hydrogen (secondary N) is 1. The van der Waals surface area contributed by atoms with Crippen LogP contribution in [0.2, 0.25) is 5.02 Å². The zero-order valence-electron chi connectivity index (χ0n) is 11.8. The topological polar surface area (TPSA) is 49.4 Å². The molecule has 1 N–H and O–H groups in total. The summed E-state index contributed by atoms with van der Waals surface area (Å²) in [7, 11) is -3.48. The molecule has 0 saturated carbocycles. The van der Waals surface area contributed by atoms with Crippen molar-refractivity contribution in [3.63, 3.8) is 0 Å². The van der Waals surface area contributed by atoms with E-state index in [1.807, 2.05) is 6.92 Å². The largest absolute Gasteiger partial charge is 0.311 e. The van der Waals surface area contributed by atoms with Crippen molar-refractivity contribution < 1.29 is 8.42 Å². The first-order chi connectivity index (χ1) is 9.48. The number of rotatable bonds is 4. The molecule has 1 saturated heterocycles. The van der Waals surface area contributed by atoms with Crippen LogP contribution in [0.3, 0.4) is 0 Å². The van der Waals surface area contributed by atoms with E-state index in [-0.39, 0.29) is 17.0 Å². The van der Waals surface area contributed by atoms with Crippen LogP contribution in [0.5, 0.6) is 0 Å².